The lowest BCUT2D eigenvalue weighted by Gasteiger charge is -2.13. The molecule has 0 aliphatic heterocycles. The molecule has 1 atom stereocenters. The first-order chi connectivity index (χ1) is 14.0. The maximum atomic E-state index is 12.5. The molecule has 2 aromatic rings. The standard InChI is InChI=1S/C21H22N2O4S2/c1-13(27-19(25)10-9-16(24)18-8-5-11-28-18)20(26)23-21-15(12-22)14-6-3-2-4-7-17(14)29-21/h5,8,11,13H,2-4,6-7,9-10H2,1H3,(H,23,26). The van der Waals surface area contributed by atoms with Gasteiger partial charge in [0.1, 0.15) is 11.1 Å². The van der Waals surface area contributed by atoms with Crippen molar-refractivity contribution in [1.82, 2.24) is 0 Å². The number of thiophene rings is 2. The van der Waals surface area contributed by atoms with Crippen molar-refractivity contribution < 1.29 is 19.1 Å². The lowest BCUT2D eigenvalue weighted by molar-refractivity contribution is -0.153. The Balaban J connectivity index is 1.55. The van der Waals surface area contributed by atoms with Crippen molar-refractivity contribution in [3.63, 3.8) is 0 Å². The van der Waals surface area contributed by atoms with E-state index in [0.29, 0.717) is 15.4 Å². The molecule has 6 nitrogen and oxygen atoms in total. The number of ketones is 1. The summed E-state index contributed by atoms with van der Waals surface area (Å²) >= 11 is 2.77. The maximum Gasteiger partial charge on any atom is 0.307 e. The number of fused-ring (bicyclic) bond motifs is 1. The number of hydrogen-bond donors (Lipinski definition) is 1. The lowest BCUT2D eigenvalue weighted by Crippen LogP contribution is -2.30. The van der Waals surface area contributed by atoms with Crippen LogP contribution < -0.4 is 5.32 Å². The highest BCUT2D eigenvalue weighted by molar-refractivity contribution is 7.16. The number of carbonyl (C=O) groups excluding carboxylic acids is 3. The summed E-state index contributed by atoms with van der Waals surface area (Å²) in [4.78, 5) is 38.2. The van der Waals surface area contributed by atoms with Crippen LogP contribution in [0.2, 0.25) is 0 Å². The first-order valence-electron chi connectivity index (χ1n) is 9.61. The molecule has 1 aliphatic rings. The molecule has 0 saturated carbocycles. The van der Waals surface area contributed by atoms with Gasteiger partial charge in [0.25, 0.3) is 5.91 Å². The summed E-state index contributed by atoms with van der Waals surface area (Å²) in [6.45, 7) is 1.49. The molecule has 152 valence electrons. The molecule has 3 rings (SSSR count). The van der Waals surface area contributed by atoms with E-state index in [1.807, 2.05) is 0 Å². The molecule has 1 N–H and O–H groups in total. The first-order valence-corrected chi connectivity index (χ1v) is 11.3. The summed E-state index contributed by atoms with van der Waals surface area (Å²) in [6.07, 6.45) is 4.02. The van der Waals surface area contributed by atoms with Crippen molar-refractivity contribution in [1.29, 1.82) is 5.26 Å². The van der Waals surface area contributed by atoms with Crippen LogP contribution in [0.1, 0.15) is 64.7 Å². The molecule has 2 heterocycles. The molecule has 0 radical (unpaired) electrons. The molecule has 0 fully saturated rings. The Bertz CT molecular complexity index is 941. The van der Waals surface area contributed by atoms with E-state index in [4.69, 9.17) is 4.74 Å². The Hall–Kier alpha value is -2.50. The van der Waals surface area contributed by atoms with Crippen molar-refractivity contribution in [3.8, 4) is 6.07 Å². The van der Waals surface area contributed by atoms with E-state index in [2.05, 4.69) is 11.4 Å². The minimum atomic E-state index is -1.01. The number of carbonyl (C=O) groups is 3. The van der Waals surface area contributed by atoms with Crippen LogP contribution in [0.15, 0.2) is 17.5 Å². The van der Waals surface area contributed by atoms with E-state index in [0.717, 1.165) is 42.5 Å². The molecular weight excluding hydrogens is 408 g/mol. The number of nitrogens with zero attached hydrogens (tertiary/aromatic N) is 1. The van der Waals surface area contributed by atoms with Gasteiger partial charge in [-0.1, -0.05) is 12.5 Å². The highest BCUT2D eigenvalue weighted by atomic mass is 32.1. The molecular formula is C21H22N2O4S2. The summed E-state index contributed by atoms with van der Waals surface area (Å²) in [5, 5.41) is 14.6. The fourth-order valence-corrected chi connectivity index (χ4v) is 5.19. The summed E-state index contributed by atoms with van der Waals surface area (Å²) in [6, 6.07) is 5.71. The summed E-state index contributed by atoms with van der Waals surface area (Å²) in [5.41, 5.74) is 1.57. The van der Waals surface area contributed by atoms with Crippen molar-refractivity contribution in [2.45, 2.75) is 58.0 Å². The average Bonchev–Trinajstić information content (AvgIpc) is 3.29. The second-order valence-corrected chi connectivity index (χ2v) is 8.96. The highest BCUT2D eigenvalue weighted by Gasteiger charge is 2.24. The summed E-state index contributed by atoms with van der Waals surface area (Å²) in [7, 11) is 0. The van der Waals surface area contributed by atoms with Crippen LogP contribution in [-0.2, 0) is 27.2 Å². The maximum absolute atomic E-state index is 12.5. The number of rotatable bonds is 7. The Kier molecular flexibility index (Phi) is 7.18. The minimum Gasteiger partial charge on any atom is -0.453 e. The summed E-state index contributed by atoms with van der Waals surface area (Å²) in [5.74, 6) is -1.19. The molecule has 29 heavy (non-hydrogen) atoms. The monoisotopic (exact) mass is 430 g/mol. The number of hydrogen-bond acceptors (Lipinski definition) is 7. The average molecular weight is 431 g/mol. The predicted octanol–water partition coefficient (Wildman–Crippen LogP) is 4.48. The fourth-order valence-electron chi connectivity index (χ4n) is 3.25. The van der Waals surface area contributed by atoms with Crippen molar-refractivity contribution in [2.75, 3.05) is 5.32 Å². The van der Waals surface area contributed by atoms with Gasteiger partial charge in [0.05, 0.1) is 16.9 Å². The van der Waals surface area contributed by atoms with Crippen molar-refractivity contribution in [2.24, 2.45) is 0 Å². The molecule has 1 amide bonds. The quantitative estimate of drug-likeness (QED) is 0.397. The minimum absolute atomic E-state index is 0.0455. The number of aryl methyl sites for hydroxylation is 1. The van der Waals surface area contributed by atoms with Crippen LogP contribution >= 0.6 is 22.7 Å². The van der Waals surface area contributed by atoms with Gasteiger partial charge in [-0.25, -0.2) is 0 Å². The van der Waals surface area contributed by atoms with Crippen LogP contribution in [0, 0.1) is 11.3 Å². The zero-order valence-corrected chi connectivity index (χ0v) is 17.8. The molecule has 1 unspecified atom stereocenters. The second kappa shape index (κ2) is 9.81. The van der Waals surface area contributed by atoms with Gasteiger partial charge in [0.15, 0.2) is 11.9 Å². The highest BCUT2D eigenvalue weighted by Crippen LogP contribution is 2.37. The van der Waals surface area contributed by atoms with Crippen LogP contribution in [0.4, 0.5) is 5.00 Å². The third-order valence-electron chi connectivity index (χ3n) is 4.80. The zero-order chi connectivity index (χ0) is 20.8. The number of anilines is 1. The molecule has 2 aromatic heterocycles. The van der Waals surface area contributed by atoms with E-state index in [1.165, 1.54) is 29.6 Å². The van der Waals surface area contributed by atoms with E-state index in [1.54, 1.807) is 17.5 Å². The van der Waals surface area contributed by atoms with Crippen LogP contribution in [0.5, 0.6) is 0 Å². The van der Waals surface area contributed by atoms with Crippen molar-refractivity contribution in [3.05, 3.63) is 38.4 Å². The number of ether oxygens (including phenoxy) is 1. The van der Waals surface area contributed by atoms with Crippen LogP contribution in [0.3, 0.4) is 0 Å². The smallest absolute Gasteiger partial charge is 0.307 e. The largest absolute Gasteiger partial charge is 0.453 e. The van der Waals surface area contributed by atoms with Gasteiger partial charge in [0.2, 0.25) is 0 Å². The molecule has 0 bridgehead atoms. The second-order valence-electron chi connectivity index (χ2n) is 6.90. The SMILES string of the molecule is CC(OC(=O)CCC(=O)c1cccs1)C(=O)Nc1sc2c(c1C#N)CCCCC2. The van der Waals surface area contributed by atoms with Gasteiger partial charge >= 0.3 is 5.97 Å². The third kappa shape index (κ3) is 5.31. The van der Waals surface area contributed by atoms with Gasteiger partial charge in [-0.15, -0.1) is 22.7 Å². The Morgan fingerprint density at radius 2 is 2.03 bits per heavy atom. The van der Waals surface area contributed by atoms with Gasteiger partial charge < -0.3 is 10.1 Å². The number of Topliss-reactive ketones (excluding diaryl/α,β-unsaturated/α-hetero) is 1. The van der Waals surface area contributed by atoms with E-state index < -0.39 is 18.0 Å². The third-order valence-corrected chi connectivity index (χ3v) is 6.92. The van der Waals surface area contributed by atoms with E-state index in [-0.39, 0.29) is 18.6 Å². The zero-order valence-electron chi connectivity index (χ0n) is 16.2. The number of nitrogens with one attached hydrogen (secondary N) is 1. The number of amides is 1. The van der Waals surface area contributed by atoms with Gasteiger partial charge in [-0.2, -0.15) is 5.26 Å². The lowest BCUT2D eigenvalue weighted by atomic mass is 10.1. The van der Waals surface area contributed by atoms with Gasteiger partial charge in [-0.05, 0) is 49.6 Å². The Morgan fingerprint density at radius 3 is 2.76 bits per heavy atom. The Morgan fingerprint density at radius 1 is 1.24 bits per heavy atom. The normalized spacial score (nSPS) is 14.2. The number of nitriles is 1. The molecule has 0 aromatic carbocycles. The molecule has 0 saturated heterocycles. The molecule has 1 aliphatic carbocycles. The van der Waals surface area contributed by atoms with Crippen LogP contribution in [0.25, 0.3) is 0 Å². The molecule has 8 heteroatoms. The van der Waals surface area contributed by atoms with Gasteiger partial charge in [0, 0.05) is 11.3 Å². The fraction of sp³-hybridized carbons (Fsp3) is 0.429. The number of esters is 1. The van der Waals surface area contributed by atoms with Gasteiger partial charge in [-0.3, -0.25) is 14.4 Å². The first kappa shape index (κ1) is 21.2. The van der Waals surface area contributed by atoms with E-state index in [9.17, 15) is 19.6 Å². The topological polar surface area (TPSA) is 96.3 Å². The summed E-state index contributed by atoms with van der Waals surface area (Å²) < 4.78 is 5.17. The molecule has 0 spiro atoms. The van der Waals surface area contributed by atoms with Crippen LogP contribution in [-0.4, -0.2) is 23.8 Å². The van der Waals surface area contributed by atoms with E-state index >= 15 is 0 Å². The van der Waals surface area contributed by atoms with Crippen molar-refractivity contribution >= 4 is 45.3 Å². The predicted molar refractivity (Wildman–Crippen MR) is 112 cm³/mol. The Labute approximate surface area is 177 Å².